The lowest BCUT2D eigenvalue weighted by atomic mass is 10.1. The van der Waals surface area contributed by atoms with Gasteiger partial charge in [0.25, 0.3) is 0 Å². The normalized spacial score (nSPS) is 15.1. The zero-order chi connectivity index (χ0) is 11.7. The zero-order valence-corrected chi connectivity index (χ0v) is 9.71. The standard InChI is InChI=1S/C13H16N4/c14-13-7-15-17(10-13)6-5-16-8-11-3-1-2-4-12(11)9-16/h1-4,7,10H,5-6,8-9,14H2. The molecule has 0 spiro atoms. The predicted molar refractivity (Wildman–Crippen MR) is 67.2 cm³/mol. The number of fused-ring (bicyclic) bond motifs is 1. The fourth-order valence-electron chi connectivity index (χ4n) is 2.31. The molecule has 1 aromatic carbocycles. The maximum atomic E-state index is 5.63. The summed E-state index contributed by atoms with van der Waals surface area (Å²) in [6.45, 7) is 4.00. The molecule has 88 valence electrons. The van der Waals surface area contributed by atoms with E-state index in [1.165, 1.54) is 11.1 Å². The zero-order valence-electron chi connectivity index (χ0n) is 9.71. The third-order valence-electron chi connectivity index (χ3n) is 3.20. The molecule has 0 aliphatic carbocycles. The first kappa shape index (κ1) is 10.4. The monoisotopic (exact) mass is 228 g/mol. The lowest BCUT2D eigenvalue weighted by Crippen LogP contribution is -2.22. The molecule has 0 saturated heterocycles. The van der Waals surface area contributed by atoms with Crippen molar-refractivity contribution < 1.29 is 0 Å². The Morgan fingerprint density at radius 2 is 1.82 bits per heavy atom. The average molecular weight is 228 g/mol. The summed E-state index contributed by atoms with van der Waals surface area (Å²) in [5, 5.41) is 4.19. The van der Waals surface area contributed by atoms with Crippen LogP contribution in [0.3, 0.4) is 0 Å². The number of hydrogen-bond acceptors (Lipinski definition) is 3. The molecule has 4 heteroatoms. The summed E-state index contributed by atoms with van der Waals surface area (Å²) in [5.41, 5.74) is 9.27. The number of nitrogens with zero attached hydrogens (tertiary/aromatic N) is 3. The molecule has 0 bridgehead atoms. The van der Waals surface area contributed by atoms with Crippen LogP contribution in [0, 0.1) is 0 Å². The number of nitrogen functional groups attached to an aromatic ring is 1. The highest BCUT2D eigenvalue weighted by atomic mass is 15.3. The second-order valence-corrected chi connectivity index (χ2v) is 4.52. The van der Waals surface area contributed by atoms with Crippen molar-refractivity contribution in [3.63, 3.8) is 0 Å². The lowest BCUT2D eigenvalue weighted by Gasteiger charge is -2.14. The van der Waals surface area contributed by atoms with Crippen LogP contribution in [0.4, 0.5) is 5.69 Å². The first-order valence-corrected chi connectivity index (χ1v) is 5.88. The van der Waals surface area contributed by atoms with E-state index in [0.29, 0.717) is 0 Å². The minimum absolute atomic E-state index is 0.731. The highest BCUT2D eigenvalue weighted by molar-refractivity contribution is 5.31. The van der Waals surface area contributed by atoms with E-state index in [1.807, 2.05) is 10.9 Å². The van der Waals surface area contributed by atoms with Gasteiger partial charge < -0.3 is 5.73 Å². The molecule has 2 heterocycles. The Morgan fingerprint density at radius 1 is 1.12 bits per heavy atom. The van der Waals surface area contributed by atoms with E-state index in [1.54, 1.807) is 6.20 Å². The van der Waals surface area contributed by atoms with E-state index in [2.05, 4.69) is 34.3 Å². The van der Waals surface area contributed by atoms with Crippen molar-refractivity contribution in [3.8, 4) is 0 Å². The largest absolute Gasteiger partial charge is 0.396 e. The number of anilines is 1. The minimum atomic E-state index is 0.731. The van der Waals surface area contributed by atoms with Crippen molar-refractivity contribution in [2.45, 2.75) is 19.6 Å². The summed E-state index contributed by atoms with van der Waals surface area (Å²) in [5.74, 6) is 0. The van der Waals surface area contributed by atoms with Crippen LogP contribution in [0.1, 0.15) is 11.1 Å². The van der Waals surface area contributed by atoms with Gasteiger partial charge in [-0.05, 0) is 11.1 Å². The molecule has 0 fully saturated rings. The Hall–Kier alpha value is -1.81. The SMILES string of the molecule is Nc1cnn(CCN2Cc3ccccc3C2)c1. The van der Waals surface area contributed by atoms with Crippen LogP contribution in [0.25, 0.3) is 0 Å². The minimum Gasteiger partial charge on any atom is -0.396 e. The van der Waals surface area contributed by atoms with E-state index in [4.69, 9.17) is 5.73 Å². The predicted octanol–water partition coefficient (Wildman–Crippen LogP) is 1.48. The molecule has 1 aliphatic heterocycles. The Balaban J connectivity index is 1.59. The van der Waals surface area contributed by atoms with Crippen molar-refractivity contribution in [2.75, 3.05) is 12.3 Å². The number of aromatic nitrogens is 2. The van der Waals surface area contributed by atoms with Crippen molar-refractivity contribution in [1.82, 2.24) is 14.7 Å². The number of benzene rings is 1. The van der Waals surface area contributed by atoms with Crippen LogP contribution >= 0.6 is 0 Å². The highest BCUT2D eigenvalue weighted by Crippen LogP contribution is 2.21. The first-order valence-electron chi connectivity index (χ1n) is 5.88. The van der Waals surface area contributed by atoms with Crippen LogP contribution in [-0.4, -0.2) is 21.2 Å². The Labute approximate surface area is 101 Å². The molecule has 0 atom stereocenters. The molecule has 0 unspecified atom stereocenters. The Morgan fingerprint density at radius 3 is 2.41 bits per heavy atom. The summed E-state index contributed by atoms with van der Waals surface area (Å²) >= 11 is 0. The van der Waals surface area contributed by atoms with Gasteiger partial charge in [-0.25, -0.2) is 0 Å². The second-order valence-electron chi connectivity index (χ2n) is 4.52. The third-order valence-corrected chi connectivity index (χ3v) is 3.20. The van der Waals surface area contributed by atoms with Crippen LogP contribution in [0.15, 0.2) is 36.7 Å². The molecule has 0 saturated carbocycles. The molecule has 1 aromatic heterocycles. The van der Waals surface area contributed by atoms with E-state index in [-0.39, 0.29) is 0 Å². The van der Waals surface area contributed by atoms with Crippen molar-refractivity contribution in [2.24, 2.45) is 0 Å². The van der Waals surface area contributed by atoms with E-state index in [9.17, 15) is 0 Å². The molecule has 17 heavy (non-hydrogen) atoms. The summed E-state index contributed by atoms with van der Waals surface area (Å²) in [4.78, 5) is 2.43. The molecule has 0 amide bonds. The smallest absolute Gasteiger partial charge is 0.0719 e. The number of hydrogen-bond donors (Lipinski definition) is 1. The second kappa shape index (κ2) is 4.22. The van der Waals surface area contributed by atoms with Crippen molar-refractivity contribution in [1.29, 1.82) is 0 Å². The Bertz CT molecular complexity index is 493. The van der Waals surface area contributed by atoms with Crippen molar-refractivity contribution in [3.05, 3.63) is 47.8 Å². The molecule has 2 N–H and O–H groups in total. The van der Waals surface area contributed by atoms with Gasteiger partial charge in [0.2, 0.25) is 0 Å². The van der Waals surface area contributed by atoms with Crippen LogP contribution in [-0.2, 0) is 19.6 Å². The molecular formula is C13H16N4. The van der Waals surface area contributed by atoms with Gasteiger partial charge in [0, 0.05) is 25.8 Å². The highest BCUT2D eigenvalue weighted by Gasteiger charge is 2.17. The van der Waals surface area contributed by atoms with Crippen molar-refractivity contribution >= 4 is 5.69 Å². The first-order chi connectivity index (χ1) is 8.31. The molecule has 3 rings (SSSR count). The fourth-order valence-corrected chi connectivity index (χ4v) is 2.31. The van der Waals surface area contributed by atoms with Crippen LogP contribution in [0.2, 0.25) is 0 Å². The van der Waals surface area contributed by atoms with Gasteiger partial charge in [0.1, 0.15) is 0 Å². The maximum absolute atomic E-state index is 5.63. The van der Waals surface area contributed by atoms with Gasteiger partial charge in [0.05, 0.1) is 18.4 Å². The molecular weight excluding hydrogens is 212 g/mol. The van der Waals surface area contributed by atoms with Gasteiger partial charge in [-0.1, -0.05) is 24.3 Å². The van der Waals surface area contributed by atoms with E-state index >= 15 is 0 Å². The summed E-state index contributed by atoms with van der Waals surface area (Å²) in [7, 11) is 0. The van der Waals surface area contributed by atoms with Gasteiger partial charge >= 0.3 is 0 Å². The van der Waals surface area contributed by atoms with Gasteiger partial charge in [-0.15, -0.1) is 0 Å². The molecule has 2 aromatic rings. The van der Waals surface area contributed by atoms with Gasteiger partial charge in [-0.3, -0.25) is 9.58 Å². The quantitative estimate of drug-likeness (QED) is 0.865. The van der Waals surface area contributed by atoms with E-state index in [0.717, 1.165) is 31.9 Å². The summed E-state index contributed by atoms with van der Waals surface area (Å²) in [6.07, 6.45) is 3.57. The van der Waals surface area contributed by atoms with Crippen LogP contribution < -0.4 is 5.73 Å². The summed E-state index contributed by atoms with van der Waals surface area (Å²) in [6, 6.07) is 8.63. The third kappa shape index (κ3) is 2.17. The number of rotatable bonds is 3. The maximum Gasteiger partial charge on any atom is 0.0719 e. The fraction of sp³-hybridized carbons (Fsp3) is 0.308. The Kier molecular flexibility index (Phi) is 2.57. The average Bonchev–Trinajstić information content (AvgIpc) is 2.91. The summed E-state index contributed by atoms with van der Waals surface area (Å²) < 4.78 is 1.90. The lowest BCUT2D eigenvalue weighted by molar-refractivity contribution is 0.267. The topological polar surface area (TPSA) is 47.1 Å². The van der Waals surface area contributed by atoms with Gasteiger partial charge in [-0.2, -0.15) is 5.10 Å². The van der Waals surface area contributed by atoms with Gasteiger partial charge in [0.15, 0.2) is 0 Å². The molecule has 1 aliphatic rings. The van der Waals surface area contributed by atoms with Crippen LogP contribution in [0.5, 0.6) is 0 Å². The molecule has 0 radical (unpaired) electrons. The number of nitrogens with two attached hydrogens (primary N) is 1. The molecule has 4 nitrogen and oxygen atoms in total. The van der Waals surface area contributed by atoms with E-state index < -0.39 is 0 Å².